The molecule has 0 amide bonds. The fourth-order valence-corrected chi connectivity index (χ4v) is 3.14. The van der Waals surface area contributed by atoms with E-state index in [9.17, 15) is 0 Å². The summed E-state index contributed by atoms with van der Waals surface area (Å²) in [5.41, 5.74) is 3.43. The molecule has 0 spiro atoms. The van der Waals surface area contributed by atoms with Crippen molar-refractivity contribution in [1.82, 2.24) is 14.9 Å². The van der Waals surface area contributed by atoms with Crippen molar-refractivity contribution in [1.29, 1.82) is 0 Å². The van der Waals surface area contributed by atoms with Crippen LogP contribution in [-0.2, 0) is 0 Å². The molecule has 3 rings (SSSR count). The van der Waals surface area contributed by atoms with Crippen LogP contribution in [0, 0.1) is 0 Å². The fourth-order valence-electron chi connectivity index (χ4n) is 3.14. The largest absolute Gasteiger partial charge is 0.497 e. The molecule has 0 bridgehead atoms. The van der Waals surface area contributed by atoms with E-state index in [4.69, 9.17) is 4.74 Å². The number of fused-ring (bicyclic) bond motifs is 1. The molecule has 0 aliphatic carbocycles. The number of pyridine rings is 1. The molecule has 120 valence electrons. The molecule has 0 radical (unpaired) electrons. The summed E-state index contributed by atoms with van der Waals surface area (Å²) >= 11 is 0. The fraction of sp³-hybridized carbons (Fsp3) is 0.316. The Morgan fingerprint density at radius 3 is 2.65 bits per heavy atom. The molecular formula is C19H23N3O. The van der Waals surface area contributed by atoms with Crippen molar-refractivity contribution < 1.29 is 4.74 Å². The molecule has 0 saturated heterocycles. The summed E-state index contributed by atoms with van der Waals surface area (Å²) in [4.78, 5) is 10.4. The van der Waals surface area contributed by atoms with E-state index in [0.717, 1.165) is 30.0 Å². The first-order valence-corrected chi connectivity index (χ1v) is 8.08. The van der Waals surface area contributed by atoms with Crippen molar-refractivity contribution in [2.45, 2.75) is 19.9 Å². The standard InChI is InChI=1S/C19H23N3O/c1-4-22(5-2)19(18-8-6-7-11-20-18)16-13-21-17-10-9-14(23-3)12-15(16)17/h6-13,19,21H,4-5H2,1-3H3. The van der Waals surface area contributed by atoms with Gasteiger partial charge in [-0.1, -0.05) is 19.9 Å². The Bertz CT molecular complexity index is 763. The average molecular weight is 309 g/mol. The molecule has 4 nitrogen and oxygen atoms in total. The minimum absolute atomic E-state index is 0.132. The number of aromatic amines is 1. The molecule has 1 unspecified atom stereocenters. The SMILES string of the molecule is CCN(CC)C(c1ccccn1)c1c[nH]c2ccc(OC)cc12. The molecule has 4 heteroatoms. The van der Waals surface area contributed by atoms with E-state index in [0.29, 0.717) is 0 Å². The summed E-state index contributed by atoms with van der Waals surface area (Å²) in [5.74, 6) is 0.873. The molecule has 0 saturated carbocycles. The van der Waals surface area contributed by atoms with Crippen molar-refractivity contribution in [3.05, 3.63) is 60.0 Å². The lowest BCUT2D eigenvalue weighted by molar-refractivity contribution is 0.248. The van der Waals surface area contributed by atoms with Gasteiger partial charge in [0.25, 0.3) is 0 Å². The van der Waals surface area contributed by atoms with Gasteiger partial charge in [-0.05, 0) is 43.4 Å². The Labute approximate surface area is 137 Å². The topological polar surface area (TPSA) is 41.2 Å². The van der Waals surface area contributed by atoms with Crippen molar-refractivity contribution in [2.75, 3.05) is 20.2 Å². The molecule has 2 heterocycles. The number of nitrogens with zero attached hydrogens (tertiary/aromatic N) is 2. The third-order valence-electron chi connectivity index (χ3n) is 4.36. The number of nitrogens with one attached hydrogen (secondary N) is 1. The maximum atomic E-state index is 5.40. The quantitative estimate of drug-likeness (QED) is 0.748. The van der Waals surface area contributed by atoms with Crippen LogP contribution in [0.5, 0.6) is 5.75 Å². The summed E-state index contributed by atoms with van der Waals surface area (Å²) < 4.78 is 5.40. The summed E-state index contributed by atoms with van der Waals surface area (Å²) in [6, 6.07) is 12.4. The van der Waals surface area contributed by atoms with Crippen LogP contribution >= 0.6 is 0 Å². The van der Waals surface area contributed by atoms with E-state index in [1.54, 1.807) is 7.11 Å². The van der Waals surface area contributed by atoms with Crippen LogP contribution in [0.25, 0.3) is 10.9 Å². The number of hydrogen-bond acceptors (Lipinski definition) is 3. The van der Waals surface area contributed by atoms with Crippen molar-refractivity contribution in [2.24, 2.45) is 0 Å². The second kappa shape index (κ2) is 6.84. The van der Waals surface area contributed by atoms with Crippen LogP contribution in [0.4, 0.5) is 0 Å². The minimum Gasteiger partial charge on any atom is -0.497 e. The van der Waals surface area contributed by atoms with Gasteiger partial charge in [-0.3, -0.25) is 9.88 Å². The highest BCUT2D eigenvalue weighted by Gasteiger charge is 2.24. The Hall–Kier alpha value is -2.33. The van der Waals surface area contributed by atoms with Crippen LogP contribution < -0.4 is 4.74 Å². The Morgan fingerprint density at radius 2 is 2.00 bits per heavy atom. The van der Waals surface area contributed by atoms with E-state index in [2.05, 4.69) is 53.1 Å². The van der Waals surface area contributed by atoms with Crippen LogP contribution in [-0.4, -0.2) is 35.1 Å². The molecule has 0 aliphatic rings. The first kappa shape index (κ1) is 15.6. The zero-order chi connectivity index (χ0) is 16.2. The molecule has 1 atom stereocenters. The zero-order valence-corrected chi connectivity index (χ0v) is 13.9. The average Bonchev–Trinajstić information content (AvgIpc) is 3.02. The number of benzene rings is 1. The van der Waals surface area contributed by atoms with Gasteiger partial charge in [-0.25, -0.2) is 0 Å². The van der Waals surface area contributed by atoms with E-state index in [-0.39, 0.29) is 6.04 Å². The van der Waals surface area contributed by atoms with Crippen LogP contribution in [0.15, 0.2) is 48.8 Å². The van der Waals surface area contributed by atoms with Gasteiger partial charge in [0, 0.05) is 28.9 Å². The van der Waals surface area contributed by atoms with Gasteiger partial charge in [0.05, 0.1) is 18.8 Å². The normalized spacial score (nSPS) is 12.7. The molecule has 1 N–H and O–H groups in total. The summed E-state index contributed by atoms with van der Waals surface area (Å²) in [7, 11) is 1.70. The predicted octanol–water partition coefficient (Wildman–Crippen LogP) is 4.00. The van der Waals surface area contributed by atoms with Crippen molar-refractivity contribution in [3.8, 4) is 5.75 Å². The van der Waals surface area contributed by atoms with E-state index < -0.39 is 0 Å². The molecule has 3 aromatic rings. The van der Waals surface area contributed by atoms with Gasteiger partial charge in [-0.15, -0.1) is 0 Å². The maximum absolute atomic E-state index is 5.40. The number of ether oxygens (including phenoxy) is 1. The number of aromatic nitrogens is 2. The van der Waals surface area contributed by atoms with Crippen molar-refractivity contribution >= 4 is 10.9 Å². The van der Waals surface area contributed by atoms with Gasteiger partial charge < -0.3 is 9.72 Å². The molecular weight excluding hydrogens is 286 g/mol. The monoisotopic (exact) mass is 309 g/mol. The lowest BCUT2D eigenvalue weighted by Crippen LogP contribution is -2.29. The van der Waals surface area contributed by atoms with Crippen LogP contribution in [0.3, 0.4) is 0 Å². The van der Waals surface area contributed by atoms with E-state index in [1.807, 2.05) is 24.4 Å². The highest BCUT2D eigenvalue weighted by Crippen LogP contribution is 2.34. The zero-order valence-electron chi connectivity index (χ0n) is 13.9. The molecule has 2 aromatic heterocycles. The maximum Gasteiger partial charge on any atom is 0.119 e. The summed E-state index contributed by atoms with van der Waals surface area (Å²) in [5, 5.41) is 1.19. The Kier molecular flexibility index (Phi) is 4.63. The van der Waals surface area contributed by atoms with Crippen LogP contribution in [0.2, 0.25) is 0 Å². The predicted molar refractivity (Wildman–Crippen MR) is 93.9 cm³/mol. The first-order valence-electron chi connectivity index (χ1n) is 8.08. The second-order valence-electron chi connectivity index (χ2n) is 5.53. The smallest absolute Gasteiger partial charge is 0.119 e. The highest BCUT2D eigenvalue weighted by atomic mass is 16.5. The van der Waals surface area contributed by atoms with Crippen LogP contribution in [0.1, 0.15) is 31.1 Å². The summed E-state index contributed by atoms with van der Waals surface area (Å²) in [6.45, 7) is 6.31. The van der Waals surface area contributed by atoms with Gasteiger partial charge >= 0.3 is 0 Å². The Morgan fingerprint density at radius 1 is 1.17 bits per heavy atom. The molecule has 0 aliphatic heterocycles. The van der Waals surface area contributed by atoms with Gasteiger partial charge in [0.1, 0.15) is 5.75 Å². The first-order chi connectivity index (χ1) is 11.3. The van der Waals surface area contributed by atoms with Gasteiger partial charge in [-0.2, -0.15) is 0 Å². The third kappa shape index (κ3) is 2.94. The number of rotatable bonds is 6. The highest BCUT2D eigenvalue weighted by molar-refractivity contribution is 5.85. The Balaban J connectivity index is 2.16. The lowest BCUT2D eigenvalue weighted by atomic mass is 10.00. The molecule has 0 fully saturated rings. The van der Waals surface area contributed by atoms with Crippen molar-refractivity contribution in [3.63, 3.8) is 0 Å². The van der Waals surface area contributed by atoms with Gasteiger partial charge in [0.2, 0.25) is 0 Å². The number of H-pyrrole nitrogens is 1. The van der Waals surface area contributed by atoms with E-state index in [1.165, 1.54) is 10.9 Å². The third-order valence-corrected chi connectivity index (χ3v) is 4.36. The summed E-state index contributed by atoms with van der Waals surface area (Å²) in [6.07, 6.45) is 3.96. The van der Waals surface area contributed by atoms with E-state index >= 15 is 0 Å². The van der Waals surface area contributed by atoms with Gasteiger partial charge in [0.15, 0.2) is 0 Å². The second-order valence-corrected chi connectivity index (χ2v) is 5.53. The number of methoxy groups -OCH3 is 1. The lowest BCUT2D eigenvalue weighted by Gasteiger charge is -2.29. The number of hydrogen-bond donors (Lipinski definition) is 1. The molecule has 23 heavy (non-hydrogen) atoms. The minimum atomic E-state index is 0.132. The molecule has 1 aromatic carbocycles.